The fourth-order valence-electron chi connectivity index (χ4n) is 2.74. The first-order valence-corrected chi connectivity index (χ1v) is 7.27. The largest absolute Gasteiger partial charge is 0.497 e. The summed E-state index contributed by atoms with van der Waals surface area (Å²) in [6.45, 7) is 4.69. The molecule has 2 rings (SSSR count). The first kappa shape index (κ1) is 13.3. The minimum Gasteiger partial charge on any atom is -0.497 e. The maximum atomic E-state index is 5.31. The van der Waals surface area contributed by atoms with Gasteiger partial charge in [0.15, 0.2) is 0 Å². The Balaban J connectivity index is 1.99. The summed E-state index contributed by atoms with van der Waals surface area (Å²) in [6, 6.07) is 6.52. The van der Waals surface area contributed by atoms with E-state index in [-0.39, 0.29) is 0 Å². The lowest BCUT2D eigenvalue weighted by Gasteiger charge is -2.31. The predicted molar refractivity (Wildman–Crippen MR) is 77.7 cm³/mol. The molecule has 0 atom stereocenters. The molecule has 0 saturated carbocycles. The van der Waals surface area contributed by atoms with Crippen LogP contribution >= 0.6 is 0 Å². The van der Waals surface area contributed by atoms with Gasteiger partial charge in [-0.25, -0.2) is 0 Å². The monoisotopic (exact) mass is 247 g/mol. The molecule has 1 heterocycles. The molecule has 0 aliphatic carbocycles. The highest BCUT2D eigenvalue weighted by molar-refractivity contribution is 5.58. The number of nitrogens with zero attached hydrogens (tertiary/aromatic N) is 1. The lowest BCUT2D eigenvalue weighted by molar-refractivity contribution is 0.414. The molecule has 0 radical (unpaired) electrons. The fraction of sp³-hybridized carbons (Fsp3) is 0.625. The van der Waals surface area contributed by atoms with Gasteiger partial charge in [0.2, 0.25) is 0 Å². The molecule has 0 amide bonds. The summed E-state index contributed by atoms with van der Waals surface area (Å²) in [5.74, 6) is 0.988. The molecule has 0 bridgehead atoms. The lowest BCUT2D eigenvalue weighted by Crippen LogP contribution is -2.30. The Morgan fingerprint density at radius 3 is 2.89 bits per heavy atom. The molecule has 1 aliphatic rings. The molecule has 0 fully saturated rings. The van der Waals surface area contributed by atoms with Crippen LogP contribution in [0.1, 0.15) is 44.6 Å². The summed E-state index contributed by atoms with van der Waals surface area (Å²) in [6.07, 6.45) is 7.82. The normalized spacial score (nSPS) is 14.4. The van der Waals surface area contributed by atoms with Crippen LogP contribution in [0.3, 0.4) is 0 Å². The van der Waals surface area contributed by atoms with E-state index in [1.165, 1.54) is 62.9 Å². The van der Waals surface area contributed by atoms with E-state index < -0.39 is 0 Å². The summed E-state index contributed by atoms with van der Waals surface area (Å²) in [5, 5.41) is 0. The van der Waals surface area contributed by atoms with Crippen molar-refractivity contribution >= 4 is 5.69 Å². The zero-order valence-electron chi connectivity index (χ0n) is 11.7. The molecular formula is C16H25NO. The molecule has 0 N–H and O–H groups in total. The van der Waals surface area contributed by atoms with Gasteiger partial charge < -0.3 is 9.64 Å². The highest BCUT2D eigenvalue weighted by Crippen LogP contribution is 2.30. The van der Waals surface area contributed by atoms with Gasteiger partial charge in [-0.2, -0.15) is 0 Å². The van der Waals surface area contributed by atoms with Crippen LogP contribution in [-0.4, -0.2) is 20.2 Å². The minimum absolute atomic E-state index is 0.988. The third-order valence-electron chi connectivity index (χ3n) is 3.78. The van der Waals surface area contributed by atoms with Crippen molar-refractivity contribution in [3.8, 4) is 5.75 Å². The van der Waals surface area contributed by atoms with Gasteiger partial charge in [0.1, 0.15) is 5.75 Å². The Morgan fingerprint density at radius 2 is 2.11 bits per heavy atom. The van der Waals surface area contributed by atoms with Gasteiger partial charge in [-0.05, 0) is 43.0 Å². The Labute approximate surface area is 111 Å². The van der Waals surface area contributed by atoms with E-state index in [1.807, 2.05) is 0 Å². The van der Waals surface area contributed by atoms with Gasteiger partial charge in [-0.3, -0.25) is 0 Å². The second-order valence-corrected chi connectivity index (χ2v) is 5.15. The van der Waals surface area contributed by atoms with Crippen molar-refractivity contribution in [1.29, 1.82) is 0 Å². The standard InChI is InChI=1S/C16H25NO/c1-3-4-5-6-11-17-12-7-8-14-13-15(18-2)9-10-16(14)17/h9-10,13H,3-8,11-12H2,1-2H3. The van der Waals surface area contributed by atoms with Crippen LogP contribution in [0.15, 0.2) is 18.2 Å². The van der Waals surface area contributed by atoms with E-state index in [0.29, 0.717) is 0 Å². The molecule has 0 saturated heterocycles. The minimum atomic E-state index is 0.988. The number of anilines is 1. The number of hydrogen-bond acceptors (Lipinski definition) is 2. The van der Waals surface area contributed by atoms with Crippen molar-refractivity contribution in [2.24, 2.45) is 0 Å². The first-order chi connectivity index (χ1) is 8.85. The zero-order chi connectivity index (χ0) is 12.8. The first-order valence-electron chi connectivity index (χ1n) is 7.27. The van der Waals surface area contributed by atoms with Gasteiger partial charge in [-0.1, -0.05) is 26.2 Å². The summed E-state index contributed by atoms with van der Waals surface area (Å²) in [7, 11) is 1.74. The quantitative estimate of drug-likeness (QED) is 0.704. The summed E-state index contributed by atoms with van der Waals surface area (Å²) in [5.41, 5.74) is 2.88. The Bertz CT molecular complexity index is 375. The third kappa shape index (κ3) is 3.18. The highest BCUT2D eigenvalue weighted by Gasteiger charge is 2.16. The number of fused-ring (bicyclic) bond motifs is 1. The van der Waals surface area contributed by atoms with E-state index in [4.69, 9.17) is 4.74 Å². The predicted octanol–water partition coefficient (Wildman–Crippen LogP) is 4.03. The number of aryl methyl sites for hydroxylation is 1. The van der Waals surface area contributed by atoms with Crippen LogP contribution in [0, 0.1) is 0 Å². The second kappa shape index (κ2) is 6.67. The number of hydrogen-bond donors (Lipinski definition) is 0. The Kier molecular flexibility index (Phi) is 4.91. The summed E-state index contributed by atoms with van der Waals surface area (Å²) < 4.78 is 5.31. The van der Waals surface area contributed by atoms with Crippen LogP contribution in [-0.2, 0) is 6.42 Å². The lowest BCUT2D eigenvalue weighted by atomic mass is 10.0. The number of rotatable bonds is 6. The van der Waals surface area contributed by atoms with Crippen LogP contribution < -0.4 is 9.64 Å². The van der Waals surface area contributed by atoms with Crippen molar-refractivity contribution < 1.29 is 4.74 Å². The van der Waals surface area contributed by atoms with E-state index in [1.54, 1.807) is 7.11 Å². The maximum Gasteiger partial charge on any atom is 0.119 e. The molecule has 1 aromatic carbocycles. The van der Waals surface area contributed by atoms with Crippen LogP contribution in [0.4, 0.5) is 5.69 Å². The Morgan fingerprint density at radius 1 is 1.22 bits per heavy atom. The second-order valence-electron chi connectivity index (χ2n) is 5.15. The molecule has 1 aliphatic heterocycles. The molecule has 0 unspecified atom stereocenters. The van der Waals surface area contributed by atoms with Crippen molar-refractivity contribution in [3.63, 3.8) is 0 Å². The molecular weight excluding hydrogens is 222 g/mol. The van der Waals surface area contributed by atoms with Gasteiger partial charge in [0.05, 0.1) is 7.11 Å². The number of ether oxygens (including phenoxy) is 1. The molecule has 1 aromatic rings. The van der Waals surface area contributed by atoms with Crippen molar-refractivity contribution in [2.45, 2.75) is 45.4 Å². The SMILES string of the molecule is CCCCCCN1CCCc2cc(OC)ccc21. The van der Waals surface area contributed by atoms with Crippen LogP contribution in [0.25, 0.3) is 0 Å². The third-order valence-corrected chi connectivity index (χ3v) is 3.78. The van der Waals surface area contributed by atoms with Crippen molar-refractivity contribution in [1.82, 2.24) is 0 Å². The maximum absolute atomic E-state index is 5.31. The number of methoxy groups -OCH3 is 1. The average Bonchev–Trinajstić information content (AvgIpc) is 2.43. The van der Waals surface area contributed by atoms with E-state index >= 15 is 0 Å². The zero-order valence-corrected chi connectivity index (χ0v) is 11.7. The molecule has 0 spiro atoms. The molecule has 18 heavy (non-hydrogen) atoms. The summed E-state index contributed by atoms with van der Waals surface area (Å²) >= 11 is 0. The molecule has 100 valence electrons. The topological polar surface area (TPSA) is 12.5 Å². The van der Waals surface area contributed by atoms with Gasteiger partial charge in [0, 0.05) is 18.8 Å². The van der Waals surface area contributed by atoms with Gasteiger partial charge in [0.25, 0.3) is 0 Å². The Hall–Kier alpha value is -1.18. The molecule has 0 aromatic heterocycles. The van der Waals surface area contributed by atoms with Crippen LogP contribution in [0.2, 0.25) is 0 Å². The molecule has 2 heteroatoms. The van der Waals surface area contributed by atoms with Gasteiger partial charge >= 0.3 is 0 Å². The smallest absolute Gasteiger partial charge is 0.119 e. The average molecular weight is 247 g/mol. The van der Waals surface area contributed by atoms with Gasteiger partial charge in [-0.15, -0.1) is 0 Å². The van der Waals surface area contributed by atoms with Crippen molar-refractivity contribution in [3.05, 3.63) is 23.8 Å². The van der Waals surface area contributed by atoms with Crippen LogP contribution in [0.5, 0.6) is 5.75 Å². The van der Waals surface area contributed by atoms with E-state index in [0.717, 1.165) is 5.75 Å². The fourth-order valence-corrected chi connectivity index (χ4v) is 2.74. The summed E-state index contributed by atoms with van der Waals surface area (Å²) in [4.78, 5) is 2.55. The van der Waals surface area contributed by atoms with Crippen molar-refractivity contribution in [2.75, 3.05) is 25.1 Å². The highest BCUT2D eigenvalue weighted by atomic mass is 16.5. The molecule has 2 nitrogen and oxygen atoms in total. The number of benzene rings is 1. The van der Waals surface area contributed by atoms with E-state index in [2.05, 4.69) is 30.0 Å². The number of unbranched alkanes of at least 4 members (excludes halogenated alkanes) is 3. The van der Waals surface area contributed by atoms with E-state index in [9.17, 15) is 0 Å².